The normalized spacial score (nSPS) is 11.0. The number of benzene rings is 2. The smallest absolute Gasteiger partial charge is 0.355 e. The van der Waals surface area contributed by atoms with E-state index in [9.17, 15) is 13.6 Å². The highest BCUT2D eigenvalue weighted by Gasteiger charge is 2.27. The Hall–Kier alpha value is -3.39. The maximum atomic E-state index is 14.5. The molecule has 0 unspecified atom stereocenters. The first-order valence-electron chi connectivity index (χ1n) is 9.90. The van der Waals surface area contributed by atoms with Gasteiger partial charge >= 0.3 is 5.97 Å². The predicted molar refractivity (Wildman–Crippen MR) is 120 cm³/mol. The molecule has 0 aliphatic rings. The minimum atomic E-state index is -0.595. The summed E-state index contributed by atoms with van der Waals surface area (Å²) in [6.07, 6.45) is 1.58. The molecule has 0 spiro atoms. The highest BCUT2D eigenvalue weighted by Crippen LogP contribution is 2.40. The molecule has 0 saturated carbocycles. The van der Waals surface area contributed by atoms with Gasteiger partial charge in [0.05, 0.1) is 20.3 Å². The van der Waals surface area contributed by atoms with Gasteiger partial charge in [-0.3, -0.25) is 0 Å². The number of hydrogen-bond donors (Lipinski definition) is 1. The van der Waals surface area contributed by atoms with Gasteiger partial charge in [-0.1, -0.05) is 0 Å². The third-order valence-electron chi connectivity index (χ3n) is 5.09. The second-order valence-corrected chi connectivity index (χ2v) is 7.54. The monoisotopic (exact) mass is 454 g/mol. The number of hydrogen-bond acceptors (Lipinski definition) is 5. The number of aromatic nitrogens is 2. The van der Waals surface area contributed by atoms with E-state index >= 15 is 0 Å². The summed E-state index contributed by atoms with van der Waals surface area (Å²) in [4.78, 5) is 18.1. The molecule has 4 aromatic rings. The van der Waals surface area contributed by atoms with Crippen LogP contribution in [0.15, 0.2) is 59.6 Å². The van der Waals surface area contributed by atoms with Crippen LogP contribution in [-0.2, 0) is 11.3 Å². The number of fused-ring (bicyclic) bond motifs is 1. The summed E-state index contributed by atoms with van der Waals surface area (Å²) in [5, 5.41) is 0.684. The Bertz CT molecular complexity index is 1320. The van der Waals surface area contributed by atoms with Crippen molar-refractivity contribution >= 4 is 29.5 Å². The summed E-state index contributed by atoms with van der Waals surface area (Å²) in [7, 11) is 1.49. The summed E-state index contributed by atoms with van der Waals surface area (Å²) in [6, 6.07) is 12.1. The van der Waals surface area contributed by atoms with Crippen LogP contribution in [0.4, 0.5) is 8.78 Å². The number of pyridine rings is 1. The van der Waals surface area contributed by atoms with Gasteiger partial charge in [-0.05, 0) is 55.5 Å². The Labute approximate surface area is 189 Å². The summed E-state index contributed by atoms with van der Waals surface area (Å²) >= 11 is 4.45. The van der Waals surface area contributed by atoms with Crippen molar-refractivity contribution in [3.05, 3.63) is 77.6 Å². The molecule has 0 N–H and O–H groups in total. The lowest BCUT2D eigenvalue weighted by Crippen LogP contribution is -2.15. The molecular weight excluding hydrogens is 434 g/mol. The molecule has 0 saturated heterocycles. The van der Waals surface area contributed by atoms with Crippen LogP contribution in [-0.4, -0.2) is 29.2 Å². The van der Waals surface area contributed by atoms with Crippen LogP contribution in [0, 0.1) is 11.6 Å². The molecule has 32 heavy (non-hydrogen) atoms. The van der Waals surface area contributed by atoms with E-state index in [1.165, 1.54) is 7.11 Å². The van der Waals surface area contributed by atoms with Crippen LogP contribution < -0.4 is 4.74 Å². The van der Waals surface area contributed by atoms with Gasteiger partial charge in [-0.25, -0.2) is 18.6 Å². The molecule has 2 aromatic carbocycles. The second kappa shape index (κ2) is 9.00. The van der Waals surface area contributed by atoms with Gasteiger partial charge in [0.15, 0.2) is 0 Å². The number of carbonyl (C=O) groups excluding carboxylic acids is 1. The van der Waals surface area contributed by atoms with E-state index in [0.717, 1.165) is 18.2 Å². The molecule has 0 fully saturated rings. The zero-order chi connectivity index (χ0) is 22.8. The van der Waals surface area contributed by atoms with Crippen molar-refractivity contribution < 1.29 is 23.0 Å². The van der Waals surface area contributed by atoms with Crippen LogP contribution in [0.1, 0.15) is 23.0 Å². The molecule has 0 bridgehead atoms. The van der Waals surface area contributed by atoms with Gasteiger partial charge in [0.1, 0.15) is 17.3 Å². The van der Waals surface area contributed by atoms with Crippen molar-refractivity contribution in [3.63, 3.8) is 0 Å². The number of halogens is 2. The third-order valence-corrected chi connectivity index (χ3v) is 5.36. The average molecular weight is 454 g/mol. The highest BCUT2D eigenvalue weighted by atomic mass is 32.1. The fourth-order valence-electron chi connectivity index (χ4n) is 3.77. The van der Waals surface area contributed by atoms with Crippen molar-refractivity contribution in [2.24, 2.45) is 0 Å². The Morgan fingerprint density at radius 3 is 2.72 bits per heavy atom. The lowest BCUT2D eigenvalue weighted by Gasteiger charge is -2.13. The van der Waals surface area contributed by atoms with E-state index in [1.807, 2.05) is 0 Å². The van der Waals surface area contributed by atoms with Crippen molar-refractivity contribution in [3.8, 4) is 17.0 Å². The molecule has 0 amide bonds. The van der Waals surface area contributed by atoms with Crippen LogP contribution in [0.2, 0.25) is 0 Å². The summed E-state index contributed by atoms with van der Waals surface area (Å²) in [6.45, 7) is 1.77. The van der Waals surface area contributed by atoms with Crippen molar-refractivity contribution in [2.75, 3.05) is 13.7 Å². The number of carbonyl (C=O) groups is 1. The third kappa shape index (κ3) is 3.93. The Morgan fingerprint density at radius 2 is 1.97 bits per heavy atom. The largest absolute Gasteiger partial charge is 0.481 e. The molecule has 5 nitrogen and oxygen atoms in total. The molecule has 8 heteroatoms. The summed E-state index contributed by atoms with van der Waals surface area (Å²) in [5.74, 6) is -1.42. The highest BCUT2D eigenvalue weighted by molar-refractivity contribution is 7.80. The first-order valence-corrected chi connectivity index (χ1v) is 10.3. The number of nitrogens with zero attached hydrogens (tertiary/aromatic N) is 2. The zero-order valence-corrected chi connectivity index (χ0v) is 18.3. The van der Waals surface area contributed by atoms with E-state index in [1.54, 1.807) is 48.0 Å². The number of rotatable bonds is 6. The van der Waals surface area contributed by atoms with E-state index in [2.05, 4.69) is 17.6 Å². The fraction of sp³-hybridized carbons (Fsp3) is 0.167. The quantitative estimate of drug-likeness (QED) is 0.309. The maximum absolute atomic E-state index is 14.5. The number of methoxy groups -OCH3 is 1. The second-order valence-electron chi connectivity index (χ2n) is 7.03. The zero-order valence-electron chi connectivity index (χ0n) is 17.4. The summed E-state index contributed by atoms with van der Waals surface area (Å²) in [5.41, 5.74) is 2.02. The van der Waals surface area contributed by atoms with Gasteiger partial charge in [0, 0.05) is 38.7 Å². The van der Waals surface area contributed by atoms with Crippen molar-refractivity contribution in [2.45, 2.75) is 18.4 Å². The molecular formula is C24H20F2N2O3S. The molecule has 0 atom stereocenters. The molecule has 0 aliphatic carbocycles. The van der Waals surface area contributed by atoms with E-state index in [-0.39, 0.29) is 24.4 Å². The van der Waals surface area contributed by atoms with Crippen LogP contribution >= 0.6 is 12.6 Å². The lowest BCUT2D eigenvalue weighted by molar-refractivity contribution is 0.0516. The number of ether oxygens (including phenoxy) is 2. The van der Waals surface area contributed by atoms with Gasteiger partial charge in [0.2, 0.25) is 5.88 Å². The standard InChI is InChI=1S/C24H20F2N2O3S/c1-3-31-24(29)22-21(17-5-4-10-27-23(17)30-2)18-12-16(32)7-9-20(18)28(22)13-14-11-15(25)6-8-19(14)26/h4-12,32H,3,13H2,1-2H3. The Morgan fingerprint density at radius 1 is 1.16 bits per heavy atom. The van der Waals surface area contributed by atoms with E-state index in [4.69, 9.17) is 9.47 Å². The Balaban J connectivity index is 2.08. The first kappa shape index (κ1) is 21.8. The minimum Gasteiger partial charge on any atom is -0.481 e. The van der Waals surface area contributed by atoms with Gasteiger partial charge in [-0.15, -0.1) is 12.6 Å². The topological polar surface area (TPSA) is 53.4 Å². The molecule has 2 heterocycles. The number of esters is 1. The van der Waals surface area contributed by atoms with Gasteiger partial charge in [0.25, 0.3) is 0 Å². The Kier molecular flexibility index (Phi) is 6.14. The fourth-order valence-corrected chi connectivity index (χ4v) is 3.97. The van der Waals surface area contributed by atoms with Crippen LogP contribution in [0.25, 0.3) is 22.0 Å². The minimum absolute atomic E-state index is 0.0806. The van der Waals surface area contributed by atoms with Crippen molar-refractivity contribution in [1.29, 1.82) is 0 Å². The first-order chi connectivity index (χ1) is 15.4. The lowest BCUT2D eigenvalue weighted by atomic mass is 10.0. The molecule has 4 rings (SSSR count). The van der Waals surface area contributed by atoms with Gasteiger partial charge in [-0.2, -0.15) is 0 Å². The average Bonchev–Trinajstić information content (AvgIpc) is 3.09. The van der Waals surface area contributed by atoms with E-state index in [0.29, 0.717) is 32.8 Å². The van der Waals surface area contributed by atoms with Crippen molar-refractivity contribution in [1.82, 2.24) is 9.55 Å². The molecule has 0 aliphatic heterocycles. The molecule has 2 aromatic heterocycles. The van der Waals surface area contributed by atoms with E-state index < -0.39 is 17.6 Å². The predicted octanol–water partition coefficient (Wildman–Crippen LogP) is 5.50. The summed E-state index contributed by atoms with van der Waals surface area (Å²) < 4.78 is 40.8. The van der Waals surface area contributed by atoms with Crippen LogP contribution in [0.5, 0.6) is 5.88 Å². The molecule has 164 valence electrons. The van der Waals surface area contributed by atoms with Crippen LogP contribution in [0.3, 0.4) is 0 Å². The SMILES string of the molecule is CCOC(=O)c1c(-c2cccnc2OC)c2cc(S)ccc2n1Cc1cc(F)ccc1F. The van der Waals surface area contributed by atoms with Gasteiger partial charge < -0.3 is 14.0 Å². The number of thiol groups is 1. The molecule has 0 radical (unpaired) electrons. The maximum Gasteiger partial charge on any atom is 0.355 e.